The zero-order chi connectivity index (χ0) is 15.5. The lowest BCUT2D eigenvalue weighted by Gasteiger charge is -2.06. The van der Waals surface area contributed by atoms with Crippen LogP contribution in [0.5, 0.6) is 0 Å². The fraction of sp³-hybridized carbons (Fsp3) is 0.308. The molecule has 0 fully saturated rings. The first-order chi connectivity index (χ1) is 9.92. The van der Waals surface area contributed by atoms with Gasteiger partial charge in [0.2, 0.25) is 10.0 Å². The molecule has 2 rings (SSSR count). The Bertz CT molecular complexity index is 728. The Morgan fingerprint density at radius 1 is 1.43 bits per heavy atom. The smallest absolute Gasteiger partial charge is 0.246 e. The molecular formula is C13H17BrN4O2S. The number of hydrogen-bond acceptors (Lipinski definition) is 4. The molecular weight excluding hydrogens is 356 g/mol. The van der Waals surface area contributed by atoms with E-state index >= 15 is 0 Å². The molecule has 0 bridgehead atoms. The Morgan fingerprint density at radius 3 is 2.86 bits per heavy atom. The summed E-state index contributed by atoms with van der Waals surface area (Å²) < 4.78 is 29.5. The number of halogens is 1. The Balaban J connectivity index is 2.15. The average Bonchev–Trinajstić information content (AvgIpc) is 2.79. The van der Waals surface area contributed by atoms with Crippen LogP contribution >= 0.6 is 15.9 Å². The minimum Gasteiger partial charge on any atom is -0.381 e. The first kappa shape index (κ1) is 16.0. The summed E-state index contributed by atoms with van der Waals surface area (Å²) in [5, 5.41) is 4.00. The fourth-order valence-electron chi connectivity index (χ4n) is 1.87. The molecule has 0 saturated carbocycles. The number of sulfonamides is 1. The van der Waals surface area contributed by atoms with Crippen LogP contribution < -0.4 is 10.5 Å². The van der Waals surface area contributed by atoms with Gasteiger partial charge < -0.3 is 5.73 Å². The number of nitrogens with zero attached hydrogens (tertiary/aromatic N) is 2. The third-order valence-corrected chi connectivity index (χ3v) is 4.76. The van der Waals surface area contributed by atoms with Crippen LogP contribution in [0.15, 0.2) is 39.8 Å². The van der Waals surface area contributed by atoms with Gasteiger partial charge in [-0.1, -0.05) is 35.0 Å². The van der Waals surface area contributed by atoms with E-state index in [4.69, 9.17) is 5.73 Å². The largest absolute Gasteiger partial charge is 0.381 e. The van der Waals surface area contributed by atoms with Crippen LogP contribution in [-0.4, -0.2) is 18.2 Å². The molecule has 0 aliphatic rings. The number of nitrogen functional groups attached to an aromatic ring is 1. The fourth-order valence-corrected chi connectivity index (χ4v) is 3.41. The highest BCUT2D eigenvalue weighted by Crippen LogP contribution is 2.17. The molecule has 3 N–H and O–H groups in total. The molecule has 2 aromatic rings. The van der Waals surface area contributed by atoms with Crippen LogP contribution in [0.25, 0.3) is 0 Å². The summed E-state index contributed by atoms with van der Waals surface area (Å²) in [5.74, 6) is 0.0187. The maximum absolute atomic E-state index is 12.3. The van der Waals surface area contributed by atoms with Gasteiger partial charge in [-0.05, 0) is 24.1 Å². The molecule has 6 nitrogen and oxygen atoms in total. The maximum atomic E-state index is 12.3. The highest BCUT2D eigenvalue weighted by Gasteiger charge is 2.20. The normalized spacial score (nSPS) is 11.7. The molecule has 1 heterocycles. The summed E-state index contributed by atoms with van der Waals surface area (Å²) in [5.41, 5.74) is 6.55. The second-order valence-corrected chi connectivity index (χ2v) is 7.25. The summed E-state index contributed by atoms with van der Waals surface area (Å²) in [7, 11) is -3.67. The number of anilines is 1. The highest BCUT2D eigenvalue weighted by molar-refractivity contribution is 9.10. The molecule has 0 unspecified atom stereocenters. The van der Waals surface area contributed by atoms with Crippen molar-refractivity contribution in [3.8, 4) is 0 Å². The van der Waals surface area contributed by atoms with Crippen molar-refractivity contribution in [2.24, 2.45) is 0 Å². The highest BCUT2D eigenvalue weighted by atomic mass is 79.9. The number of aryl methyl sites for hydroxylation is 1. The first-order valence-corrected chi connectivity index (χ1v) is 8.77. The number of hydrogen-bond donors (Lipinski definition) is 2. The van der Waals surface area contributed by atoms with Crippen LogP contribution in [0.2, 0.25) is 0 Å². The third-order valence-electron chi connectivity index (χ3n) is 2.85. The van der Waals surface area contributed by atoms with E-state index in [1.807, 2.05) is 31.2 Å². The standard InChI is InChI=1S/C13H17BrN4O2S/c1-2-6-18-9-12(13(15)17-18)21(19,20)16-8-10-4-3-5-11(14)7-10/h3-5,7,9,16H,2,6,8H2,1H3,(H2,15,17). The summed E-state index contributed by atoms with van der Waals surface area (Å²) in [4.78, 5) is 0.0194. The van der Waals surface area contributed by atoms with E-state index in [0.29, 0.717) is 6.54 Å². The van der Waals surface area contributed by atoms with Gasteiger partial charge in [-0.25, -0.2) is 13.1 Å². The van der Waals surface area contributed by atoms with E-state index in [2.05, 4.69) is 25.8 Å². The van der Waals surface area contributed by atoms with Gasteiger partial charge in [-0.15, -0.1) is 0 Å². The molecule has 0 aliphatic carbocycles. The van der Waals surface area contributed by atoms with Gasteiger partial charge in [0.15, 0.2) is 5.82 Å². The van der Waals surface area contributed by atoms with Crippen LogP contribution in [0.4, 0.5) is 5.82 Å². The Labute approximate surface area is 132 Å². The maximum Gasteiger partial charge on any atom is 0.246 e. The summed E-state index contributed by atoms with van der Waals surface area (Å²) >= 11 is 3.35. The van der Waals surface area contributed by atoms with Gasteiger partial charge in [0.1, 0.15) is 4.90 Å². The molecule has 8 heteroatoms. The number of nitrogens with two attached hydrogens (primary N) is 1. The predicted molar refractivity (Wildman–Crippen MR) is 85.1 cm³/mol. The van der Waals surface area contributed by atoms with E-state index in [1.165, 1.54) is 6.20 Å². The lowest BCUT2D eigenvalue weighted by atomic mass is 10.2. The van der Waals surface area contributed by atoms with Gasteiger partial charge in [-0.3, -0.25) is 4.68 Å². The van der Waals surface area contributed by atoms with Crippen LogP contribution in [-0.2, 0) is 23.1 Å². The molecule has 0 spiro atoms. The molecule has 0 radical (unpaired) electrons. The van der Waals surface area contributed by atoms with Gasteiger partial charge in [0, 0.05) is 23.8 Å². The molecule has 0 aliphatic heterocycles. The topological polar surface area (TPSA) is 90.0 Å². The first-order valence-electron chi connectivity index (χ1n) is 6.49. The average molecular weight is 373 g/mol. The number of rotatable bonds is 6. The summed E-state index contributed by atoms with van der Waals surface area (Å²) in [6.45, 7) is 2.81. The Hall–Kier alpha value is -1.38. The van der Waals surface area contributed by atoms with Crippen molar-refractivity contribution in [2.45, 2.75) is 31.3 Å². The van der Waals surface area contributed by atoms with E-state index < -0.39 is 10.0 Å². The van der Waals surface area contributed by atoms with Crippen molar-refractivity contribution in [1.29, 1.82) is 0 Å². The second kappa shape index (κ2) is 6.59. The van der Waals surface area contributed by atoms with Crippen molar-refractivity contribution in [2.75, 3.05) is 5.73 Å². The quantitative estimate of drug-likeness (QED) is 0.812. The lowest BCUT2D eigenvalue weighted by molar-refractivity contribution is 0.579. The number of aromatic nitrogens is 2. The van der Waals surface area contributed by atoms with Crippen LogP contribution in [0.1, 0.15) is 18.9 Å². The predicted octanol–water partition coefficient (Wildman–Crippen LogP) is 2.12. The minimum absolute atomic E-state index is 0.0187. The zero-order valence-corrected chi connectivity index (χ0v) is 14.0. The van der Waals surface area contributed by atoms with Crippen molar-refractivity contribution in [1.82, 2.24) is 14.5 Å². The van der Waals surface area contributed by atoms with E-state index in [1.54, 1.807) is 4.68 Å². The molecule has 0 amide bonds. The number of benzene rings is 1. The number of nitrogens with one attached hydrogen (secondary N) is 1. The second-order valence-electron chi connectivity index (χ2n) is 4.60. The van der Waals surface area contributed by atoms with Crippen LogP contribution in [0.3, 0.4) is 0 Å². The van der Waals surface area contributed by atoms with Crippen LogP contribution in [0, 0.1) is 0 Å². The van der Waals surface area contributed by atoms with Gasteiger partial charge in [-0.2, -0.15) is 5.10 Å². The van der Waals surface area contributed by atoms with E-state index in [9.17, 15) is 8.42 Å². The molecule has 21 heavy (non-hydrogen) atoms. The molecule has 1 aromatic carbocycles. The monoisotopic (exact) mass is 372 g/mol. The van der Waals surface area contributed by atoms with Gasteiger partial charge in [0.05, 0.1) is 0 Å². The summed E-state index contributed by atoms with van der Waals surface area (Å²) in [6, 6.07) is 7.43. The van der Waals surface area contributed by atoms with E-state index in [-0.39, 0.29) is 17.3 Å². The SMILES string of the molecule is CCCn1cc(S(=O)(=O)NCc2cccc(Br)c2)c(N)n1. The molecule has 114 valence electrons. The van der Waals surface area contributed by atoms with Gasteiger partial charge in [0.25, 0.3) is 0 Å². The zero-order valence-electron chi connectivity index (χ0n) is 11.6. The summed E-state index contributed by atoms with van der Waals surface area (Å²) in [6.07, 6.45) is 2.31. The molecule has 0 saturated heterocycles. The minimum atomic E-state index is -3.67. The van der Waals surface area contributed by atoms with Gasteiger partial charge >= 0.3 is 0 Å². The lowest BCUT2D eigenvalue weighted by Crippen LogP contribution is -2.23. The van der Waals surface area contributed by atoms with Crippen molar-refractivity contribution < 1.29 is 8.42 Å². The van der Waals surface area contributed by atoms with Crippen molar-refractivity contribution >= 4 is 31.8 Å². The van der Waals surface area contributed by atoms with E-state index in [0.717, 1.165) is 16.5 Å². The van der Waals surface area contributed by atoms with Crippen molar-refractivity contribution in [3.05, 3.63) is 40.5 Å². The van der Waals surface area contributed by atoms with Crippen molar-refractivity contribution in [3.63, 3.8) is 0 Å². The molecule has 0 atom stereocenters. The Kier molecular flexibility index (Phi) is 5.02. The Morgan fingerprint density at radius 2 is 2.19 bits per heavy atom. The molecule has 1 aromatic heterocycles. The third kappa shape index (κ3) is 4.05.